The number of hydrogen-bond donors (Lipinski definition) is 0. The first-order valence-corrected chi connectivity index (χ1v) is 8.12. The van der Waals surface area contributed by atoms with Gasteiger partial charge in [0.1, 0.15) is 9.22 Å². The maximum Gasteiger partial charge on any atom is 0.164 e. The predicted molar refractivity (Wildman–Crippen MR) is 93.0 cm³/mol. The topological polar surface area (TPSA) is 22.1 Å². The van der Waals surface area contributed by atoms with Crippen LogP contribution in [-0.2, 0) is 0 Å². The second kappa shape index (κ2) is 5.85. The number of aromatic nitrogens is 1. The molecule has 0 aliphatic heterocycles. The summed E-state index contributed by atoms with van der Waals surface area (Å²) in [6.07, 6.45) is 0.0330. The monoisotopic (exact) mass is 507 g/mol. The molecule has 2 aromatic rings. The van der Waals surface area contributed by atoms with Crippen molar-refractivity contribution in [1.82, 2.24) is 4.98 Å². The lowest BCUT2D eigenvalue weighted by molar-refractivity contribution is 0.245. The van der Waals surface area contributed by atoms with E-state index < -0.39 is 0 Å². The quantitative estimate of drug-likeness (QED) is 0.393. The number of nitrogens with zero attached hydrogens (tertiary/aromatic N) is 1. The summed E-state index contributed by atoms with van der Waals surface area (Å²) in [6.45, 7) is 3.91. The van der Waals surface area contributed by atoms with Gasteiger partial charge in [-0.3, -0.25) is 0 Å². The van der Waals surface area contributed by atoms with Crippen LogP contribution in [0.2, 0.25) is 10.0 Å². The second-order valence-electron chi connectivity index (χ2n) is 3.99. The van der Waals surface area contributed by atoms with Crippen LogP contribution in [0.15, 0.2) is 12.1 Å². The van der Waals surface area contributed by atoms with Crippen LogP contribution in [0, 0.1) is 7.27 Å². The summed E-state index contributed by atoms with van der Waals surface area (Å²) >= 11 is 16.8. The summed E-state index contributed by atoms with van der Waals surface area (Å²) in [5.74, 6) is 0.598. The Bertz CT molecular complexity index is 617. The molecule has 0 bridgehead atoms. The fourth-order valence-corrected chi connectivity index (χ4v) is 2.92. The van der Waals surface area contributed by atoms with Crippen molar-refractivity contribution < 1.29 is 4.74 Å². The zero-order chi connectivity index (χ0) is 13.4. The molecule has 1 heterocycles. The number of pyridine rings is 1. The zero-order valence-electron chi connectivity index (χ0n) is 9.60. The standard InChI is InChI=1S/C12H9Cl2I2NO/c1-5(2)18-11-8(14)4-7(13)6-3-9(15)12(16)17-10(6)11/h3-5H,1-2H3. The van der Waals surface area contributed by atoms with E-state index in [-0.39, 0.29) is 6.10 Å². The molecule has 2 nitrogen and oxygen atoms in total. The van der Waals surface area contributed by atoms with Gasteiger partial charge >= 0.3 is 0 Å². The minimum Gasteiger partial charge on any atom is -0.487 e. The molecule has 6 heteroatoms. The molecule has 0 N–H and O–H groups in total. The number of ether oxygens (including phenoxy) is 1. The van der Waals surface area contributed by atoms with Gasteiger partial charge in [0.05, 0.1) is 16.1 Å². The van der Waals surface area contributed by atoms with Crippen molar-refractivity contribution in [3.05, 3.63) is 29.4 Å². The average Bonchev–Trinajstić information content (AvgIpc) is 2.27. The normalized spacial score (nSPS) is 11.3. The minimum absolute atomic E-state index is 0.0330. The van der Waals surface area contributed by atoms with Gasteiger partial charge < -0.3 is 4.74 Å². The van der Waals surface area contributed by atoms with E-state index >= 15 is 0 Å². The summed E-state index contributed by atoms with van der Waals surface area (Å²) in [6, 6.07) is 3.70. The van der Waals surface area contributed by atoms with Gasteiger partial charge in [-0.1, -0.05) is 23.2 Å². The number of halogens is 4. The van der Waals surface area contributed by atoms with Crippen LogP contribution in [-0.4, -0.2) is 11.1 Å². The van der Waals surface area contributed by atoms with Crippen molar-refractivity contribution in [2.75, 3.05) is 0 Å². The molecule has 0 aliphatic carbocycles. The van der Waals surface area contributed by atoms with Crippen molar-refractivity contribution in [3.8, 4) is 5.75 Å². The Balaban J connectivity index is 2.80. The van der Waals surface area contributed by atoms with Crippen molar-refractivity contribution in [3.63, 3.8) is 0 Å². The van der Waals surface area contributed by atoms with Crippen LogP contribution >= 0.6 is 68.4 Å². The minimum atomic E-state index is 0.0330. The van der Waals surface area contributed by atoms with Gasteiger partial charge in [0.25, 0.3) is 0 Å². The van der Waals surface area contributed by atoms with Crippen LogP contribution in [0.1, 0.15) is 13.8 Å². The Kier molecular flexibility index (Phi) is 4.83. The first-order valence-electron chi connectivity index (χ1n) is 5.20. The molecule has 0 fully saturated rings. The molecule has 0 aliphatic rings. The van der Waals surface area contributed by atoms with Gasteiger partial charge in [-0.05, 0) is 71.2 Å². The molecule has 0 amide bonds. The van der Waals surface area contributed by atoms with Crippen LogP contribution < -0.4 is 4.74 Å². The molecule has 96 valence electrons. The van der Waals surface area contributed by atoms with Crippen molar-refractivity contribution in [2.45, 2.75) is 20.0 Å². The Hall–Kier alpha value is 0.470. The zero-order valence-corrected chi connectivity index (χ0v) is 15.4. The molecule has 0 saturated carbocycles. The molecule has 2 rings (SSSR count). The summed E-state index contributed by atoms with van der Waals surface area (Å²) in [7, 11) is 0. The third kappa shape index (κ3) is 2.96. The molecule has 0 saturated heterocycles. The van der Waals surface area contributed by atoms with E-state index in [4.69, 9.17) is 27.9 Å². The Morgan fingerprint density at radius 1 is 1.17 bits per heavy atom. The highest BCUT2D eigenvalue weighted by Gasteiger charge is 2.15. The summed E-state index contributed by atoms with van der Waals surface area (Å²) in [5.41, 5.74) is 0.714. The van der Waals surface area contributed by atoms with Gasteiger partial charge in [-0.25, -0.2) is 4.98 Å². The molecule has 1 aromatic heterocycles. The first kappa shape index (κ1) is 14.9. The van der Waals surface area contributed by atoms with Crippen LogP contribution in [0.3, 0.4) is 0 Å². The lowest BCUT2D eigenvalue weighted by Crippen LogP contribution is -2.07. The molecular weight excluding hydrogens is 499 g/mol. The molecule has 18 heavy (non-hydrogen) atoms. The lowest BCUT2D eigenvalue weighted by Gasteiger charge is -2.15. The van der Waals surface area contributed by atoms with E-state index in [1.165, 1.54) is 0 Å². The van der Waals surface area contributed by atoms with Gasteiger partial charge in [0.2, 0.25) is 0 Å². The smallest absolute Gasteiger partial charge is 0.164 e. The van der Waals surface area contributed by atoms with Crippen molar-refractivity contribution >= 4 is 79.3 Å². The van der Waals surface area contributed by atoms with E-state index in [0.717, 1.165) is 12.7 Å². The van der Waals surface area contributed by atoms with Gasteiger partial charge in [0, 0.05) is 8.96 Å². The summed E-state index contributed by atoms with van der Waals surface area (Å²) in [5, 5.41) is 1.94. The van der Waals surface area contributed by atoms with E-state index in [0.29, 0.717) is 21.3 Å². The molecule has 0 spiro atoms. The van der Waals surface area contributed by atoms with Crippen LogP contribution in [0.4, 0.5) is 0 Å². The maximum absolute atomic E-state index is 6.21. The highest BCUT2D eigenvalue weighted by molar-refractivity contribution is 14.1. The van der Waals surface area contributed by atoms with E-state index in [2.05, 4.69) is 50.2 Å². The third-order valence-electron chi connectivity index (χ3n) is 2.23. The van der Waals surface area contributed by atoms with E-state index in [1.54, 1.807) is 6.07 Å². The molecule has 0 atom stereocenters. The SMILES string of the molecule is CC(C)Oc1c(Cl)cc(Cl)c2cc(I)c(I)nc12. The predicted octanol–water partition coefficient (Wildman–Crippen LogP) is 5.54. The average molecular weight is 508 g/mol. The molecular formula is C12H9Cl2I2NO. The Labute approximate surface area is 143 Å². The number of rotatable bonds is 2. The Morgan fingerprint density at radius 3 is 2.44 bits per heavy atom. The van der Waals surface area contributed by atoms with Gasteiger partial charge in [0.15, 0.2) is 5.75 Å². The lowest BCUT2D eigenvalue weighted by atomic mass is 10.2. The van der Waals surface area contributed by atoms with Gasteiger partial charge in [-0.2, -0.15) is 0 Å². The molecule has 1 aromatic carbocycles. The van der Waals surface area contributed by atoms with E-state index in [9.17, 15) is 0 Å². The Morgan fingerprint density at radius 2 is 1.83 bits per heavy atom. The largest absolute Gasteiger partial charge is 0.487 e. The molecule has 0 radical (unpaired) electrons. The van der Waals surface area contributed by atoms with Crippen molar-refractivity contribution in [2.24, 2.45) is 0 Å². The van der Waals surface area contributed by atoms with Crippen LogP contribution in [0.5, 0.6) is 5.75 Å². The number of hydrogen-bond acceptors (Lipinski definition) is 2. The summed E-state index contributed by atoms with van der Waals surface area (Å²) in [4.78, 5) is 4.54. The van der Waals surface area contributed by atoms with Gasteiger partial charge in [-0.15, -0.1) is 0 Å². The second-order valence-corrected chi connectivity index (χ2v) is 6.99. The van der Waals surface area contributed by atoms with Crippen LogP contribution in [0.25, 0.3) is 10.9 Å². The fraction of sp³-hybridized carbons (Fsp3) is 0.250. The van der Waals surface area contributed by atoms with Crippen molar-refractivity contribution in [1.29, 1.82) is 0 Å². The third-order valence-corrected chi connectivity index (χ3v) is 5.50. The first-order chi connectivity index (χ1) is 8.40. The highest BCUT2D eigenvalue weighted by atomic mass is 127. The number of fused-ring (bicyclic) bond motifs is 1. The van der Waals surface area contributed by atoms with E-state index in [1.807, 2.05) is 19.9 Å². The molecule has 0 unspecified atom stereocenters. The fourth-order valence-electron chi connectivity index (χ4n) is 1.54. The maximum atomic E-state index is 6.21. The highest BCUT2D eigenvalue weighted by Crippen LogP contribution is 2.38. The summed E-state index contributed by atoms with van der Waals surface area (Å²) < 4.78 is 7.72. The number of benzene rings is 1.